The van der Waals surface area contributed by atoms with Crippen LogP contribution in [-0.2, 0) is 30.8 Å². The van der Waals surface area contributed by atoms with Crippen molar-refractivity contribution >= 4 is 10.4 Å². The van der Waals surface area contributed by atoms with Crippen molar-refractivity contribution in [3.8, 4) is 0 Å². The van der Waals surface area contributed by atoms with Gasteiger partial charge in [-0.15, -0.1) is 0 Å². The van der Waals surface area contributed by atoms with E-state index in [1.165, 1.54) is 0 Å². The summed E-state index contributed by atoms with van der Waals surface area (Å²) in [5.74, 6) is 0. The van der Waals surface area contributed by atoms with Crippen molar-refractivity contribution in [1.82, 2.24) is 6.15 Å². The summed E-state index contributed by atoms with van der Waals surface area (Å²) < 4.78 is 31.6. The normalized spacial score (nSPS) is 8.00. The van der Waals surface area contributed by atoms with Crippen LogP contribution in [0.15, 0.2) is 0 Å². The molecule has 7 nitrogen and oxygen atoms in total. The molecule has 0 aliphatic heterocycles. The molecule has 0 atom stereocenters. The molecule has 0 rings (SSSR count). The summed E-state index contributed by atoms with van der Waals surface area (Å²) in [7, 11) is -4.67. The third-order valence-electron chi connectivity index (χ3n) is 0.167. The van der Waals surface area contributed by atoms with Crippen molar-refractivity contribution in [1.29, 1.82) is 0 Å². The van der Waals surface area contributed by atoms with E-state index in [9.17, 15) is 0 Å². The topological polar surface area (TPSA) is 162 Å². The number of hydrogen-bond donors (Lipinski definition) is 5. The molecule has 0 saturated carbocycles. The molecule has 0 radical (unpaired) electrons. The molecule has 0 unspecified atom stereocenters. The summed E-state index contributed by atoms with van der Waals surface area (Å²) in [4.78, 5) is 0. The Kier molecular flexibility index (Phi) is 26.7. The van der Waals surface area contributed by atoms with Crippen LogP contribution in [0.4, 0.5) is 0 Å². The maximum Gasteiger partial charge on any atom is 0.394 e. The summed E-state index contributed by atoms with van der Waals surface area (Å²) in [5.41, 5.74) is 9.81. The Morgan fingerprint density at radius 1 is 1.09 bits per heavy atom. The molecule has 0 heterocycles. The molecule has 9 N–H and O–H groups in total. The van der Waals surface area contributed by atoms with Crippen LogP contribution in [0.1, 0.15) is 0 Å². The maximum atomic E-state index is 8.74. The van der Waals surface area contributed by atoms with E-state index in [2.05, 4.69) is 0 Å². The van der Waals surface area contributed by atoms with Crippen LogP contribution in [0.3, 0.4) is 0 Å². The maximum absolute atomic E-state index is 8.74. The van der Waals surface area contributed by atoms with Gasteiger partial charge in [0, 0.05) is 33.5 Å². The average molecular weight is 282 g/mol. The van der Waals surface area contributed by atoms with Gasteiger partial charge in [0.1, 0.15) is 0 Å². The summed E-state index contributed by atoms with van der Waals surface area (Å²) >= 11 is 0. The smallest absolute Gasteiger partial charge is 0.344 e. The van der Waals surface area contributed by atoms with Crippen LogP contribution in [0, 0.1) is 0 Å². The fourth-order valence-electron chi connectivity index (χ4n) is 0. The molecule has 0 aromatic carbocycles. The van der Waals surface area contributed by atoms with Gasteiger partial charge in [-0.25, -0.2) is 0 Å². The van der Waals surface area contributed by atoms with E-state index in [0.29, 0.717) is 13.1 Å². The first-order valence-electron chi connectivity index (χ1n) is 2.01. The summed E-state index contributed by atoms with van der Waals surface area (Å²) in [6.07, 6.45) is 0. The zero-order valence-electron chi connectivity index (χ0n) is 5.71. The monoisotopic (exact) mass is 281 g/mol. The number of nitrogens with two attached hydrogens (primary N) is 2. The van der Waals surface area contributed by atoms with Gasteiger partial charge >= 0.3 is 10.4 Å². The second-order valence-electron chi connectivity index (χ2n) is 1.03. The van der Waals surface area contributed by atoms with Crippen LogP contribution in [0.25, 0.3) is 0 Å². The molecule has 76 valence electrons. The molecule has 0 amide bonds. The minimum atomic E-state index is -4.67. The predicted octanol–water partition coefficient (Wildman–Crippen LogP) is -1.59. The van der Waals surface area contributed by atoms with Gasteiger partial charge in [-0.05, 0) is 0 Å². The van der Waals surface area contributed by atoms with Gasteiger partial charge in [-0.1, -0.05) is 0 Å². The average Bonchev–Trinajstić information content (AvgIpc) is 1.61. The van der Waals surface area contributed by atoms with E-state index < -0.39 is 10.4 Å². The summed E-state index contributed by atoms with van der Waals surface area (Å²) in [6.45, 7) is 1.19. The van der Waals surface area contributed by atoms with Crippen LogP contribution in [-0.4, -0.2) is 30.6 Å². The van der Waals surface area contributed by atoms with Crippen molar-refractivity contribution in [3.63, 3.8) is 0 Å². The Morgan fingerprint density at radius 3 is 1.18 bits per heavy atom. The van der Waals surface area contributed by atoms with Crippen molar-refractivity contribution in [2.75, 3.05) is 13.1 Å². The summed E-state index contributed by atoms with van der Waals surface area (Å²) in [6, 6.07) is 0. The second kappa shape index (κ2) is 13.0. The Morgan fingerprint density at radius 2 is 1.18 bits per heavy atom. The first-order chi connectivity index (χ1) is 3.91. The minimum absolute atomic E-state index is 0. The molecule has 0 aliphatic carbocycles. The van der Waals surface area contributed by atoms with Crippen molar-refractivity contribution in [2.24, 2.45) is 11.5 Å². The van der Waals surface area contributed by atoms with Gasteiger partial charge in [-0.3, -0.25) is 9.11 Å². The molecule has 0 spiro atoms. The Labute approximate surface area is 79.3 Å². The molecule has 0 fully saturated rings. The second-order valence-corrected chi connectivity index (χ2v) is 1.92. The molecular formula is C2H13N3O4PdS. The molecule has 0 aromatic heterocycles. The molecule has 0 bridgehead atoms. The fraction of sp³-hybridized carbons (Fsp3) is 1.00. The predicted molar refractivity (Wildman–Crippen MR) is 37.3 cm³/mol. The first kappa shape index (κ1) is 22.5. The van der Waals surface area contributed by atoms with Crippen LogP contribution >= 0.6 is 0 Å². The Balaban J connectivity index is -0.0000000383. The molecule has 0 aromatic rings. The van der Waals surface area contributed by atoms with E-state index in [1.54, 1.807) is 0 Å². The zero-order chi connectivity index (χ0) is 7.91. The minimum Gasteiger partial charge on any atom is -0.344 e. The van der Waals surface area contributed by atoms with Gasteiger partial charge in [0.25, 0.3) is 0 Å². The molecule has 11 heavy (non-hydrogen) atoms. The van der Waals surface area contributed by atoms with E-state index >= 15 is 0 Å². The third kappa shape index (κ3) is 369. The van der Waals surface area contributed by atoms with Gasteiger partial charge in [0.2, 0.25) is 0 Å². The zero-order valence-corrected chi connectivity index (χ0v) is 8.08. The van der Waals surface area contributed by atoms with Gasteiger partial charge in [-0.2, -0.15) is 8.42 Å². The fourth-order valence-corrected chi connectivity index (χ4v) is 0. The van der Waals surface area contributed by atoms with Gasteiger partial charge in [0.05, 0.1) is 0 Å². The SMILES string of the molecule is N.NCCN.O=S(=O)(O)O.[Pd]. The Hall–Kier alpha value is 0.412. The molecule has 0 aliphatic rings. The Bertz CT molecular complexity index is 126. The van der Waals surface area contributed by atoms with Crippen LogP contribution < -0.4 is 17.6 Å². The first-order valence-corrected chi connectivity index (χ1v) is 3.41. The molecule has 9 heteroatoms. The largest absolute Gasteiger partial charge is 0.394 e. The third-order valence-corrected chi connectivity index (χ3v) is 0.167. The van der Waals surface area contributed by atoms with Crippen molar-refractivity contribution in [3.05, 3.63) is 0 Å². The quantitative estimate of drug-likeness (QED) is 0.286. The van der Waals surface area contributed by atoms with Crippen molar-refractivity contribution in [2.45, 2.75) is 0 Å². The number of rotatable bonds is 1. The van der Waals surface area contributed by atoms with Crippen LogP contribution in [0.5, 0.6) is 0 Å². The molecular weight excluding hydrogens is 269 g/mol. The summed E-state index contributed by atoms with van der Waals surface area (Å²) in [5, 5.41) is 0. The standard InChI is InChI=1S/C2H8N2.H3N.H2O4S.Pd/c3-1-2-4;;1-5(2,3)4;/h1-4H2;1H3;(H2,1,2,3,4);. The van der Waals surface area contributed by atoms with Gasteiger partial charge in [0.15, 0.2) is 0 Å². The van der Waals surface area contributed by atoms with E-state index in [1.807, 2.05) is 0 Å². The number of hydrogen-bond acceptors (Lipinski definition) is 5. The van der Waals surface area contributed by atoms with E-state index in [0.717, 1.165) is 0 Å². The van der Waals surface area contributed by atoms with E-state index in [4.69, 9.17) is 29.0 Å². The van der Waals surface area contributed by atoms with Crippen LogP contribution in [0.2, 0.25) is 0 Å². The van der Waals surface area contributed by atoms with E-state index in [-0.39, 0.29) is 26.6 Å². The van der Waals surface area contributed by atoms with Gasteiger partial charge < -0.3 is 17.6 Å². The van der Waals surface area contributed by atoms with Crippen molar-refractivity contribution < 1.29 is 37.9 Å². The molecule has 0 saturated heterocycles.